The number of nitro benzene ring substituents is 1. The minimum absolute atomic E-state index is 0.100. The van der Waals surface area contributed by atoms with Crippen molar-refractivity contribution in [3.63, 3.8) is 0 Å². The molecule has 0 heterocycles. The van der Waals surface area contributed by atoms with Gasteiger partial charge in [-0.1, -0.05) is 11.6 Å². The number of benzene rings is 1. The van der Waals surface area contributed by atoms with E-state index in [4.69, 9.17) is 11.6 Å². The Kier molecular flexibility index (Phi) is 3.69. The fraction of sp³-hybridized carbons (Fsp3) is 0.250. The third-order valence-electron chi connectivity index (χ3n) is 1.77. The van der Waals surface area contributed by atoms with Crippen LogP contribution in [0.3, 0.4) is 0 Å². The summed E-state index contributed by atoms with van der Waals surface area (Å²) in [5, 5.41) is 10.0. The highest BCUT2D eigenvalue weighted by Gasteiger charge is 2.35. The molecule has 0 aliphatic carbocycles. The Morgan fingerprint density at radius 2 is 2.00 bits per heavy atom. The van der Waals surface area contributed by atoms with Gasteiger partial charge in [0.15, 0.2) is 0 Å². The molecule has 0 N–H and O–H groups in total. The number of nitrogens with zero attached hydrogens (tertiary/aromatic N) is 1. The molecule has 88 valence electrons. The monoisotopic (exact) mass is 271 g/mol. The number of hydrogen-bond donors (Lipinski definition) is 0. The molecule has 3 nitrogen and oxygen atoms in total. The Balaban J connectivity index is 3.45. The van der Waals surface area contributed by atoms with Crippen LogP contribution in [0.2, 0.25) is 5.02 Å². The molecule has 0 amide bonds. The minimum Gasteiger partial charge on any atom is -0.258 e. The average molecular weight is 272 g/mol. The summed E-state index contributed by atoms with van der Waals surface area (Å²) in [5.41, 5.74) is -1.79. The van der Waals surface area contributed by atoms with Crippen LogP contribution in [0.5, 0.6) is 0 Å². The second-order valence-electron chi connectivity index (χ2n) is 2.76. The molecule has 0 spiro atoms. The van der Waals surface area contributed by atoms with E-state index in [1.54, 1.807) is 0 Å². The zero-order valence-corrected chi connectivity index (χ0v) is 9.41. The Hall–Kier alpha value is -0.950. The summed E-state index contributed by atoms with van der Waals surface area (Å²) in [5.74, 6) is 0. The third-order valence-corrected chi connectivity index (χ3v) is 2.85. The minimum atomic E-state index is -4.70. The maximum Gasteiger partial charge on any atom is 0.418 e. The highest BCUT2D eigenvalue weighted by atomic mass is 35.5. The molecule has 1 rings (SSSR count). The van der Waals surface area contributed by atoms with E-state index in [2.05, 4.69) is 0 Å². The lowest BCUT2D eigenvalue weighted by molar-refractivity contribution is -0.388. The molecule has 0 fully saturated rings. The zero-order valence-electron chi connectivity index (χ0n) is 7.84. The smallest absolute Gasteiger partial charge is 0.258 e. The Bertz CT molecular complexity index is 436. The predicted molar refractivity (Wildman–Crippen MR) is 54.9 cm³/mol. The first-order valence-electron chi connectivity index (χ1n) is 3.86. The van der Waals surface area contributed by atoms with Gasteiger partial charge in [0.1, 0.15) is 0 Å². The van der Waals surface area contributed by atoms with Gasteiger partial charge in [0.2, 0.25) is 0 Å². The quantitative estimate of drug-likeness (QED) is 0.464. The molecule has 0 atom stereocenters. The number of rotatable bonds is 2. The first-order valence-corrected chi connectivity index (χ1v) is 5.46. The second kappa shape index (κ2) is 4.50. The van der Waals surface area contributed by atoms with Crippen molar-refractivity contribution in [2.24, 2.45) is 0 Å². The molecule has 0 radical (unpaired) electrons. The van der Waals surface area contributed by atoms with Crippen molar-refractivity contribution in [3.8, 4) is 0 Å². The van der Waals surface area contributed by atoms with E-state index in [0.717, 1.165) is 17.8 Å². The van der Waals surface area contributed by atoms with Crippen molar-refractivity contribution in [2.75, 3.05) is 6.26 Å². The molecule has 8 heteroatoms. The summed E-state index contributed by atoms with van der Waals surface area (Å²) in [6.07, 6.45) is -3.18. The van der Waals surface area contributed by atoms with Crippen LogP contribution in [-0.2, 0) is 6.18 Å². The summed E-state index contributed by atoms with van der Waals surface area (Å²) in [6, 6.07) is 1.40. The molecule has 0 saturated heterocycles. The molecule has 16 heavy (non-hydrogen) atoms. The molecule has 0 saturated carbocycles. The lowest BCUT2D eigenvalue weighted by Crippen LogP contribution is -2.07. The van der Waals surface area contributed by atoms with Crippen LogP contribution in [-0.4, -0.2) is 11.2 Å². The number of nitro groups is 1. The summed E-state index contributed by atoms with van der Waals surface area (Å²) >= 11 is 6.38. The van der Waals surface area contributed by atoms with Gasteiger partial charge in [-0.05, 0) is 12.3 Å². The van der Waals surface area contributed by atoms with Gasteiger partial charge >= 0.3 is 6.18 Å². The van der Waals surface area contributed by atoms with Gasteiger partial charge in [0.25, 0.3) is 5.69 Å². The fourth-order valence-corrected chi connectivity index (χ4v) is 1.98. The fourth-order valence-electron chi connectivity index (χ4n) is 1.07. The normalized spacial score (nSPS) is 11.6. The molecule has 1 aromatic carbocycles. The largest absolute Gasteiger partial charge is 0.418 e. The van der Waals surface area contributed by atoms with Crippen LogP contribution in [0.4, 0.5) is 18.9 Å². The third kappa shape index (κ3) is 2.59. The molecule has 0 unspecified atom stereocenters. The summed E-state index contributed by atoms with van der Waals surface area (Å²) in [4.78, 5) is 9.79. The molecule has 0 aliphatic rings. The highest BCUT2D eigenvalue weighted by Crippen LogP contribution is 2.40. The van der Waals surface area contributed by atoms with E-state index in [1.807, 2.05) is 0 Å². The van der Waals surface area contributed by atoms with Crippen LogP contribution < -0.4 is 0 Å². The first-order chi connectivity index (χ1) is 7.27. The molecule has 0 aliphatic heterocycles. The van der Waals surface area contributed by atoms with Gasteiger partial charge in [-0.15, -0.1) is 11.8 Å². The van der Waals surface area contributed by atoms with Gasteiger partial charge in [-0.25, -0.2) is 0 Å². The van der Waals surface area contributed by atoms with Crippen LogP contribution >= 0.6 is 23.4 Å². The second-order valence-corrected chi connectivity index (χ2v) is 4.01. The van der Waals surface area contributed by atoms with E-state index in [1.165, 1.54) is 6.26 Å². The lowest BCUT2D eigenvalue weighted by atomic mass is 10.2. The number of halogens is 4. The molecular formula is C8H5ClF3NO2S. The number of alkyl halides is 3. The number of hydrogen-bond acceptors (Lipinski definition) is 3. The van der Waals surface area contributed by atoms with Crippen LogP contribution in [0.25, 0.3) is 0 Å². The first kappa shape index (κ1) is 13.1. The molecule has 1 aromatic rings. The molecule has 0 bridgehead atoms. The van der Waals surface area contributed by atoms with Crippen LogP contribution in [0, 0.1) is 10.1 Å². The van der Waals surface area contributed by atoms with Crippen molar-refractivity contribution in [3.05, 3.63) is 32.8 Å². The van der Waals surface area contributed by atoms with Crippen LogP contribution in [0.15, 0.2) is 17.0 Å². The predicted octanol–water partition coefficient (Wildman–Crippen LogP) is 3.99. The standard InChI is InChI=1S/C8H5ClF3NO2S/c1-16-7-3-5(9)4(8(10,11)12)2-6(7)13(14)15/h2-3H,1H3. The highest BCUT2D eigenvalue weighted by molar-refractivity contribution is 7.98. The zero-order chi connectivity index (χ0) is 12.5. The van der Waals surface area contributed by atoms with Crippen molar-refractivity contribution in [2.45, 2.75) is 11.1 Å². The van der Waals surface area contributed by atoms with Gasteiger partial charge in [0, 0.05) is 6.07 Å². The number of thioether (sulfide) groups is 1. The summed E-state index contributed by atoms with van der Waals surface area (Å²) < 4.78 is 37.2. The maximum absolute atomic E-state index is 12.4. The van der Waals surface area contributed by atoms with Gasteiger partial charge in [-0.3, -0.25) is 10.1 Å². The van der Waals surface area contributed by atoms with Gasteiger partial charge < -0.3 is 0 Å². The van der Waals surface area contributed by atoms with Crippen LogP contribution in [0.1, 0.15) is 5.56 Å². The molecule has 0 aromatic heterocycles. The lowest BCUT2D eigenvalue weighted by Gasteiger charge is -2.10. The van der Waals surface area contributed by atoms with Gasteiger partial charge in [-0.2, -0.15) is 13.2 Å². The van der Waals surface area contributed by atoms with E-state index < -0.39 is 27.4 Å². The van der Waals surface area contributed by atoms with Crippen molar-refractivity contribution in [1.29, 1.82) is 0 Å². The Morgan fingerprint density at radius 1 is 1.44 bits per heavy atom. The Morgan fingerprint density at radius 3 is 2.38 bits per heavy atom. The van der Waals surface area contributed by atoms with Gasteiger partial charge in [0.05, 0.1) is 20.4 Å². The SMILES string of the molecule is CSc1cc(Cl)c(C(F)(F)F)cc1[N+](=O)[O-]. The van der Waals surface area contributed by atoms with E-state index in [-0.39, 0.29) is 4.90 Å². The summed E-state index contributed by atoms with van der Waals surface area (Å²) in [6.45, 7) is 0. The molecular weight excluding hydrogens is 267 g/mol. The maximum atomic E-state index is 12.4. The van der Waals surface area contributed by atoms with E-state index in [0.29, 0.717) is 6.07 Å². The van der Waals surface area contributed by atoms with Crippen molar-refractivity contribution in [1.82, 2.24) is 0 Å². The van der Waals surface area contributed by atoms with E-state index >= 15 is 0 Å². The van der Waals surface area contributed by atoms with Crippen molar-refractivity contribution >= 4 is 29.1 Å². The average Bonchev–Trinajstić information content (AvgIpc) is 2.14. The Labute approximate surface area is 97.7 Å². The summed E-state index contributed by atoms with van der Waals surface area (Å²) in [7, 11) is 0. The topological polar surface area (TPSA) is 43.1 Å². The van der Waals surface area contributed by atoms with E-state index in [9.17, 15) is 23.3 Å². The van der Waals surface area contributed by atoms with Crippen molar-refractivity contribution < 1.29 is 18.1 Å².